The van der Waals surface area contributed by atoms with Crippen LogP contribution in [0.4, 0.5) is 5.95 Å². The lowest BCUT2D eigenvalue weighted by atomic mass is 9.84. The quantitative estimate of drug-likeness (QED) is 0.467. The van der Waals surface area contributed by atoms with Gasteiger partial charge in [0, 0.05) is 32.7 Å². The second-order valence-corrected chi connectivity index (χ2v) is 8.19. The molecule has 0 radical (unpaired) electrons. The van der Waals surface area contributed by atoms with Crippen LogP contribution in [0, 0.1) is 0 Å². The highest BCUT2D eigenvalue weighted by Crippen LogP contribution is 2.18. The van der Waals surface area contributed by atoms with Gasteiger partial charge in [0.1, 0.15) is 15.7 Å². The predicted molar refractivity (Wildman–Crippen MR) is 126 cm³/mol. The number of H-pyrrole nitrogens is 1. The largest absolute Gasteiger partial charge is 0.379 e. The molecule has 0 bridgehead atoms. The van der Waals surface area contributed by atoms with E-state index in [4.69, 9.17) is 27.9 Å². The first-order valence-electron chi connectivity index (χ1n) is 9.87. The van der Waals surface area contributed by atoms with Crippen molar-refractivity contribution in [3.05, 3.63) is 38.4 Å². The van der Waals surface area contributed by atoms with E-state index in [1.54, 1.807) is 6.33 Å². The minimum atomic E-state index is -0.219. The van der Waals surface area contributed by atoms with Gasteiger partial charge >= 0.3 is 0 Å². The summed E-state index contributed by atoms with van der Waals surface area (Å²) in [5.74, 6) is 0.369. The molecule has 4 rings (SSSR count). The summed E-state index contributed by atoms with van der Waals surface area (Å²) in [7, 11) is 3.83. The minimum absolute atomic E-state index is 0.219. The van der Waals surface area contributed by atoms with Crippen molar-refractivity contribution in [2.45, 2.75) is 13.1 Å². The summed E-state index contributed by atoms with van der Waals surface area (Å²) in [5, 5.41) is 4.27. The van der Waals surface area contributed by atoms with Gasteiger partial charge in [0.15, 0.2) is 11.2 Å². The number of aromatic amines is 1. The molecule has 0 unspecified atom stereocenters. The smallest absolute Gasteiger partial charge is 0.278 e. The molecule has 2 aromatic heterocycles. The fourth-order valence-electron chi connectivity index (χ4n) is 3.59. The highest BCUT2D eigenvalue weighted by molar-refractivity contribution is 6.55. The van der Waals surface area contributed by atoms with Crippen molar-refractivity contribution in [1.29, 1.82) is 0 Å². The fourth-order valence-corrected chi connectivity index (χ4v) is 4.05. The van der Waals surface area contributed by atoms with Crippen LogP contribution < -0.4 is 21.8 Å². The number of hydrogen-bond acceptors (Lipinski definition) is 6. The molecule has 3 heterocycles. The van der Waals surface area contributed by atoms with E-state index in [-0.39, 0.29) is 5.56 Å². The van der Waals surface area contributed by atoms with Gasteiger partial charge in [0.25, 0.3) is 5.56 Å². The molecule has 0 saturated carbocycles. The summed E-state index contributed by atoms with van der Waals surface area (Å²) in [6, 6.07) is 1.98. The summed E-state index contributed by atoms with van der Waals surface area (Å²) in [5.41, 5.74) is 3.47. The van der Waals surface area contributed by atoms with Crippen molar-refractivity contribution >= 4 is 66.9 Å². The third kappa shape index (κ3) is 4.37. The number of morpholine rings is 1. The standard InChI is InChI=1S/C18H22B2Cl2N6O2/c19-11-7-10(12(20)14(22)13(11)21)8-23-18-25-16-15(17(29)26-18)28(9-24-16)2-1-27-3-5-30-6-4-27/h7,9H,1-6,8,19-20H2,(H2,23,25,26,29). The number of nitrogens with one attached hydrogen (secondary N) is 2. The maximum Gasteiger partial charge on any atom is 0.278 e. The average Bonchev–Trinajstić information content (AvgIpc) is 3.16. The molecular formula is C18H22B2Cl2N6O2. The van der Waals surface area contributed by atoms with Crippen LogP contribution in [-0.2, 0) is 17.8 Å². The number of benzene rings is 1. The first kappa shape index (κ1) is 21.2. The number of fused-ring (bicyclic) bond motifs is 1. The van der Waals surface area contributed by atoms with E-state index < -0.39 is 0 Å². The molecule has 2 N–H and O–H groups in total. The average molecular weight is 447 g/mol. The SMILES string of the molecule is Bc1cc(CNc2nc3ncn(CCN4CCOCC4)c3c(=O)[nH]2)c(B)c(Cl)c1Cl. The van der Waals surface area contributed by atoms with Crippen LogP contribution in [0.1, 0.15) is 5.56 Å². The van der Waals surface area contributed by atoms with Gasteiger partial charge in [-0.15, -0.1) is 0 Å². The Hall–Kier alpha value is -2.00. The normalized spacial score (nSPS) is 15.0. The summed E-state index contributed by atoms with van der Waals surface area (Å²) >= 11 is 12.5. The van der Waals surface area contributed by atoms with Crippen molar-refractivity contribution in [3.63, 3.8) is 0 Å². The monoisotopic (exact) mass is 446 g/mol. The zero-order chi connectivity index (χ0) is 21.3. The number of ether oxygens (including phenoxy) is 1. The Bertz CT molecular complexity index is 1130. The van der Waals surface area contributed by atoms with E-state index in [9.17, 15) is 4.79 Å². The van der Waals surface area contributed by atoms with Crippen molar-refractivity contribution in [3.8, 4) is 0 Å². The molecule has 8 nitrogen and oxygen atoms in total. The Labute approximate surface area is 185 Å². The van der Waals surface area contributed by atoms with Gasteiger partial charge in [-0.25, -0.2) is 4.98 Å². The number of anilines is 1. The lowest BCUT2D eigenvalue weighted by molar-refractivity contribution is 0.0365. The van der Waals surface area contributed by atoms with E-state index >= 15 is 0 Å². The zero-order valence-corrected chi connectivity index (χ0v) is 18.5. The van der Waals surface area contributed by atoms with Gasteiger partial charge < -0.3 is 14.6 Å². The summed E-state index contributed by atoms with van der Waals surface area (Å²) < 4.78 is 7.23. The Morgan fingerprint density at radius 2 is 1.97 bits per heavy atom. The number of rotatable bonds is 6. The molecule has 12 heteroatoms. The van der Waals surface area contributed by atoms with Gasteiger partial charge in [-0.05, 0) is 5.56 Å². The number of aromatic nitrogens is 4. The van der Waals surface area contributed by atoms with E-state index in [1.165, 1.54) is 0 Å². The van der Waals surface area contributed by atoms with Crippen LogP contribution in [0.2, 0.25) is 10.0 Å². The third-order valence-electron chi connectivity index (χ3n) is 5.43. The fraction of sp³-hybridized carbons (Fsp3) is 0.389. The Morgan fingerprint density at radius 3 is 2.73 bits per heavy atom. The van der Waals surface area contributed by atoms with Crippen LogP contribution in [-0.4, -0.2) is 73.0 Å². The molecule has 0 amide bonds. The molecule has 30 heavy (non-hydrogen) atoms. The molecule has 1 aromatic carbocycles. The van der Waals surface area contributed by atoms with Crippen LogP contribution in [0.25, 0.3) is 11.2 Å². The Kier molecular flexibility index (Phi) is 6.38. The first-order chi connectivity index (χ1) is 14.4. The second-order valence-electron chi connectivity index (χ2n) is 7.44. The summed E-state index contributed by atoms with van der Waals surface area (Å²) in [4.78, 5) is 26.6. The van der Waals surface area contributed by atoms with Crippen molar-refractivity contribution in [1.82, 2.24) is 24.4 Å². The van der Waals surface area contributed by atoms with E-state index in [0.29, 0.717) is 40.2 Å². The van der Waals surface area contributed by atoms with Crippen molar-refractivity contribution in [2.24, 2.45) is 0 Å². The number of nitrogens with zero attached hydrogens (tertiary/aromatic N) is 4. The second kappa shape index (κ2) is 9.01. The topological polar surface area (TPSA) is 88.1 Å². The number of halogens is 2. The number of imidazole rings is 1. The zero-order valence-electron chi connectivity index (χ0n) is 17.0. The Morgan fingerprint density at radius 1 is 1.20 bits per heavy atom. The van der Waals surface area contributed by atoms with E-state index in [1.807, 2.05) is 26.3 Å². The van der Waals surface area contributed by atoms with Gasteiger partial charge in [-0.2, -0.15) is 4.98 Å². The van der Waals surface area contributed by atoms with Crippen LogP contribution in [0.5, 0.6) is 0 Å². The molecule has 3 aromatic rings. The predicted octanol–water partition coefficient (Wildman–Crippen LogP) is -1.11. The van der Waals surface area contributed by atoms with Crippen LogP contribution in [0.15, 0.2) is 17.2 Å². The maximum absolute atomic E-state index is 12.7. The molecule has 0 atom stereocenters. The van der Waals surface area contributed by atoms with Gasteiger partial charge in [0.05, 0.1) is 29.6 Å². The van der Waals surface area contributed by atoms with Crippen molar-refractivity contribution in [2.75, 3.05) is 38.2 Å². The van der Waals surface area contributed by atoms with Gasteiger partial charge in [-0.3, -0.25) is 14.7 Å². The Balaban J connectivity index is 1.49. The molecule has 1 aliphatic rings. The maximum atomic E-state index is 12.7. The highest BCUT2D eigenvalue weighted by atomic mass is 35.5. The van der Waals surface area contributed by atoms with Gasteiger partial charge in [0.2, 0.25) is 5.95 Å². The lowest BCUT2D eigenvalue weighted by Gasteiger charge is -2.26. The molecule has 1 fully saturated rings. The number of hydrogen-bond donors (Lipinski definition) is 2. The van der Waals surface area contributed by atoms with Crippen molar-refractivity contribution < 1.29 is 4.74 Å². The van der Waals surface area contributed by atoms with Gasteiger partial charge in [-0.1, -0.05) is 40.2 Å². The van der Waals surface area contributed by atoms with Crippen LogP contribution >= 0.6 is 23.2 Å². The molecular weight excluding hydrogens is 425 g/mol. The van der Waals surface area contributed by atoms with Crippen LogP contribution in [0.3, 0.4) is 0 Å². The minimum Gasteiger partial charge on any atom is -0.379 e. The molecule has 1 aliphatic heterocycles. The molecule has 156 valence electrons. The molecule has 1 saturated heterocycles. The first-order valence-corrected chi connectivity index (χ1v) is 10.6. The molecule has 0 aliphatic carbocycles. The van der Waals surface area contributed by atoms with E-state index in [0.717, 1.165) is 49.3 Å². The third-order valence-corrected chi connectivity index (χ3v) is 6.49. The summed E-state index contributed by atoms with van der Waals surface area (Å²) in [6.07, 6.45) is 1.67. The van der Waals surface area contributed by atoms with E-state index in [2.05, 4.69) is 25.2 Å². The lowest BCUT2D eigenvalue weighted by Crippen LogP contribution is -2.38. The molecule has 0 spiro atoms. The highest BCUT2D eigenvalue weighted by Gasteiger charge is 2.15. The summed E-state index contributed by atoms with van der Waals surface area (Å²) in [6.45, 7) is 5.28.